The second-order valence-electron chi connectivity index (χ2n) is 17.4. The molecule has 0 radical (unpaired) electrons. The number of allylic oxidation sites excluding steroid dienone is 4. The average molecular weight is 1170 g/mol. The summed E-state index contributed by atoms with van der Waals surface area (Å²) < 4.78 is 22.2. The van der Waals surface area contributed by atoms with E-state index in [4.69, 9.17) is 0 Å². The number of hydrogen-bond acceptors (Lipinski definition) is 16. The third kappa shape index (κ3) is 13.6. The first-order chi connectivity index (χ1) is 32.0. The van der Waals surface area contributed by atoms with Crippen LogP contribution in [-0.4, -0.2) is 23.0 Å². The first-order valence-electron chi connectivity index (χ1n) is 24.3. The normalized spacial score (nSPS) is 26.2. The Morgan fingerprint density at radius 1 is 0.338 bits per heavy atom. The molecule has 0 spiro atoms. The fraction of sp³-hybridized carbons (Fsp3) is 0.633. The molecule has 4 unspecified atom stereocenters. The molecular formula is C49H64S16. The van der Waals surface area contributed by atoms with Gasteiger partial charge < -0.3 is 0 Å². The van der Waals surface area contributed by atoms with Gasteiger partial charge in [-0.1, -0.05) is 258 Å². The van der Waals surface area contributed by atoms with Gasteiger partial charge in [-0.25, -0.2) is 0 Å². The number of hydrogen-bond donors (Lipinski definition) is 0. The summed E-state index contributed by atoms with van der Waals surface area (Å²) in [5.41, 5.74) is 3.63. The van der Waals surface area contributed by atoms with Crippen molar-refractivity contribution in [2.45, 2.75) is 150 Å². The van der Waals surface area contributed by atoms with Crippen molar-refractivity contribution >= 4 is 188 Å². The lowest BCUT2D eigenvalue weighted by atomic mass is 9.69. The molecule has 2 saturated carbocycles. The molecule has 65 heavy (non-hydrogen) atoms. The van der Waals surface area contributed by atoms with E-state index in [1.165, 1.54) is 145 Å². The molecule has 0 nitrogen and oxygen atoms in total. The van der Waals surface area contributed by atoms with Crippen molar-refractivity contribution in [3.8, 4) is 0 Å². The summed E-state index contributed by atoms with van der Waals surface area (Å²) in [5.74, 6) is 7.92. The molecule has 0 amide bonds. The monoisotopic (exact) mass is 1160 g/mol. The third-order valence-corrected chi connectivity index (χ3v) is 36.5. The molecule has 3 aliphatic carbocycles. The van der Waals surface area contributed by atoms with Crippen LogP contribution in [0.2, 0.25) is 0 Å². The van der Waals surface area contributed by atoms with E-state index in [0.717, 1.165) is 11.8 Å². The Kier molecular flexibility index (Phi) is 22.2. The van der Waals surface area contributed by atoms with Crippen LogP contribution in [0.5, 0.6) is 0 Å². The molecule has 0 saturated heterocycles. The fourth-order valence-corrected chi connectivity index (χ4v) is 35.0. The minimum Gasteiger partial charge on any atom is -0.117 e. The topological polar surface area (TPSA) is 0 Å². The zero-order valence-corrected chi connectivity index (χ0v) is 51.3. The molecule has 4 atom stereocenters. The van der Waals surface area contributed by atoms with Crippen molar-refractivity contribution in [1.29, 1.82) is 0 Å². The van der Waals surface area contributed by atoms with E-state index in [2.05, 4.69) is 228 Å². The molecule has 2 bridgehead atoms. The largest absolute Gasteiger partial charge is 0.117 e. The summed E-state index contributed by atoms with van der Waals surface area (Å²) >= 11 is 34.0. The lowest BCUT2D eigenvalue weighted by Gasteiger charge is -2.38. The molecule has 356 valence electrons. The van der Waals surface area contributed by atoms with E-state index >= 15 is 0 Å². The fourth-order valence-electron chi connectivity index (χ4n) is 9.29. The number of unbranched alkanes of at least 4 members (excludes halogenated alkanes) is 12. The summed E-state index contributed by atoms with van der Waals surface area (Å²) in [4.78, 5) is 0. The Labute approximate surface area is 461 Å². The van der Waals surface area contributed by atoms with E-state index < -0.39 is 0 Å². The summed E-state index contributed by atoms with van der Waals surface area (Å²) in [6.07, 6.45) is 30.8. The number of thioether (sulfide) groups is 16. The molecule has 9 aliphatic rings. The van der Waals surface area contributed by atoms with Crippen LogP contribution in [0.25, 0.3) is 0 Å². The van der Waals surface area contributed by atoms with Crippen LogP contribution in [0.3, 0.4) is 0 Å². The summed E-state index contributed by atoms with van der Waals surface area (Å²) in [6, 6.07) is 0. The molecule has 0 aromatic carbocycles. The maximum Gasteiger partial charge on any atom is 0.0718 e. The maximum atomic E-state index is 2.62. The van der Waals surface area contributed by atoms with Gasteiger partial charge in [-0.2, -0.15) is 0 Å². The first-order valence-corrected chi connectivity index (χ1v) is 38.0. The van der Waals surface area contributed by atoms with Crippen molar-refractivity contribution in [2.24, 2.45) is 23.7 Å². The number of rotatable bonds is 24. The standard InChI is InChI=1S/C49H64S16/c1-5-9-13-17-25-50-38-39(51-26-18-14-10-6-2)59-46(58-38)48-62-42-43(63-48)55-36(54-42)32-23-24-33(35-31-22-21-30(29-31)34(32)35)37-56-44-45(57-37)65-49(64-44)47-60-40(52-27-19-15-11-7-3)41(61-47)53-28-20-16-12-8-4/h21-22,30-31,34-35H,5-20,23-29H2,1-4H3. The van der Waals surface area contributed by atoms with Gasteiger partial charge in [0.05, 0.1) is 59.3 Å². The molecule has 2 fully saturated rings. The summed E-state index contributed by atoms with van der Waals surface area (Å²) in [7, 11) is 0. The Balaban J connectivity index is 0.816. The van der Waals surface area contributed by atoms with E-state index in [0.29, 0.717) is 11.8 Å². The predicted molar refractivity (Wildman–Crippen MR) is 331 cm³/mol. The van der Waals surface area contributed by atoms with E-state index in [9.17, 15) is 0 Å². The average Bonchev–Trinajstić information content (AvgIpc) is 4.18. The van der Waals surface area contributed by atoms with Crippen LogP contribution in [0, 0.1) is 23.7 Å². The molecule has 0 N–H and O–H groups in total. The minimum atomic E-state index is 0.700. The SMILES string of the molecule is CCCCCCSC1=C(SCCCCCC)SC(=C2SC3=C(S2)SC(=C2CCC(=C4SC5=C(SC(=C6SC(SCCCCCC)=C(SCCCCCC)S6)S5)S4)C4C5C=CC(C5)C24)S3)S1. The van der Waals surface area contributed by atoms with Gasteiger partial charge >= 0.3 is 0 Å². The second kappa shape index (κ2) is 27.2. The van der Waals surface area contributed by atoms with Crippen molar-refractivity contribution in [3.63, 3.8) is 0 Å². The van der Waals surface area contributed by atoms with E-state index in [1.807, 2.05) is 11.1 Å². The van der Waals surface area contributed by atoms with Crippen molar-refractivity contribution in [1.82, 2.24) is 0 Å². The summed E-state index contributed by atoms with van der Waals surface area (Å²) in [6.45, 7) is 9.29. The maximum absolute atomic E-state index is 2.62. The minimum absolute atomic E-state index is 0.700. The highest BCUT2D eigenvalue weighted by Gasteiger charge is 2.52. The van der Waals surface area contributed by atoms with Crippen molar-refractivity contribution in [2.75, 3.05) is 23.0 Å². The highest BCUT2D eigenvalue weighted by atomic mass is 32.3. The van der Waals surface area contributed by atoms with Crippen LogP contribution in [0.15, 0.2) is 82.6 Å². The Morgan fingerprint density at radius 3 is 0.877 bits per heavy atom. The Hall–Kier alpha value is 3.26. The van der Waals surface area contributed by atoms with Gasteiger partial charge in [0.25, 0.3) is 0 Å². The number of fused-ring (bicyclic) bond motifs is 5. The lowest BCUT2D eigenvalue weighted by molar-refractivity contribution is 0.360. The molecular weight excluding hydrogens is 1100 g/mol. The van der Waals surface area contributed by atoms with Crippen LogP contribution in [0.4, 0.5) is 0 Å². The molecule has 0 aromatic rings. The van der Waals surface area contributed by atoms with Gasteiger partial charge in [-0.05, 0) is 103 Å². The van der Waals surface area contributed by atoms with E-state index in [-0.39, 0.29) is 0 Å². The van der Waals surface area contributed by atoms with Crippen LogP contribution >= 0.6 is 188 Å². The van der Waals surface area contributed by atoms with Crippen LogP contribution in [0.1, 0.15) is 150 Å². The second-order valence-corrected chi connectivity index (χ2v) is 37.7. The molecule has 0 aromatic heterocycles. The van der Waals surface area contributed by atoms with Gasteiger partial charge in [-0.3, -0.25) is 0 Å². The Bertz CT molecular complexity index is 1810. The van der Waals surface area contributed by atoms with E-state index in [1.54, 1.807) is 59.3 Å². The molecule has 9 rings (SSSR count). The highest BCUT2D eigenvalue weighted by molar-refractivity contribution is 8.51. The van der Waals surface area contributed by atoms with Crippen LogP contribution < -0.4 is 0 Å². The smallest absolute Gasteiger partial charge is 0.0718 e. The van der Waals surface area contributed by atoms with Gasteiger partial charge in [0, 0.05) is 0 Å². The van der Waals surface area contributed by atoms with Crippen molar-refractivity contribution < 1.29 is 0 Å². The quantitative estimate of drug-likeness (QED) is 0.0665. The predicted octanol–water partition coefficient (Wildman–Crippen LogP) is 23.5. The molecule has 6 heterocycles. The molecule has 16 heteroatoms. The van der Waals surface area contributed by atoms with Gasteiger partial charge in [-0.15, -0.1) is 47.0 Å². The molecule has 6 aliphatic heterocycles. The van der Waals surface area contributed by atoms with Crippen molar-refractivity contribution in [3.05, 3.63) is 82.6 Å². The van der Waals surface area contributed by atoms with Gasteiger partial charge in [0.2, 0.25) is 0 Å². The third-order valence-electron chi connectivity index (χ3n) is 12.6. The highest BCUT2D eigenvalue weighted by Crippen LogP contribution is 2.75. The zero-order chi connectivity index (χ0) is 44.5. The Morgan fingerprint density at radius 2 is 0.600 bits per heavy atom. The summed E-state index contributed by atoms with van der Waals surface area (Å²) in [5, 5.41) is 0. The van der Waals surface area contributed by atoms with Gasteiger partial charge in [0.1, 0.15) is 0 Å². The zero-order valence-electron chi connectivity index (χ0n) is 38.3. The van der Waals surface area contributed by atoms with Crippen LogP contribution in [-0.2, 0) is 0 Å². The lowest BCUT2D eigenvalue weighted by Crippen LogP contribution is -2.28. The van der Waals surface area contributed by atoms with Gasteiger partial charge in [0.15, 0.2) is 0 Å². The first kappa shape index (κ1) is 53.1.